The summed E-state index contributed by atoms with van der Waals surface area (Å²) in [6.07, 6.45) is 0. The van der Waals surface area contributed by atoms with Crippen LogP contribution in [0.2, 0.25) is 0 Å². The van der Waals surface area contributed by atoms with Crippen LogP contribution in [0.5, 0.6) is 5.75 Å². The molecule has 3 aromatic rings. The molecule has 3 aromatic carbocycles. The molecule has 0 spiro atoms. The van der Waals surface area contributed by atoms with Gasteiger partial charge in [0.1, 0.15) is 5.75 Å². The third-order valence-corrected chi connectivity index (χ3v) is 6.52. The van der Waals surface area contributed by atoms with Gasteiger partial charge in [0.05, 0.1) is 24.2 Å². The predicted octanol–water partition coefficient (Wildman–Crippen LogP) is 4.36. The van der Waals surface area contributed by atoms with Crippen molar-refractivity contribution < 1.29 is 17.9 Å². The highest BCUT2D eigenvalue weighted by molar-refractivity contribution is 7.92. The van der Waals surface area contributed by atoms with E-state index in [1.54, 1.807) is 50.4 Å². The molecule has 0 aliphatic rings. The van der Waals surface area contributed by atoms with E-state index in [2.05, 4.69) is 5.32 Å². The van der Waals surface area contributed by atoms with E-state index in [9.17, 15) is 13.2 Å². The number of benzene rings is 3. The predicted molar refractivity (Wildman–Crippen MR) is 118 cm³/mol. The van der Waals surface area contributed by atoms with E-state index in [0.717, 1.165) is 5.56 Å². The Kier molecular flexibility index (Phi) is 6.42. The number of hydrogen-bond acceptors (Lipinski definition) is 4. The first kappa shape index (κ1) is 21.4. The lowest BCUT2D eigenvalue weighted by molar-refractivity contribution is -0.114. The van der Waals surface area contributed by atoms with Crippen molar-refractivity contribution in [3.05, 3.63) is 83.9 Å². The van der Waals surface area contributed by atoms with Gasteiger partial charge in [-0.15, -0.1) is 0 Å². The van der Waals surface area contributed by atoms with Crippen molar-refractivity contribution in [2.24, 2.45) is 0 Å². The lowest BCUT2D eigenvalue weighted by Crippen LogP contribution is -2.31. The van der Waals surface area contributed by atoms with E-state index in [-0.39, 0.29) is 17.3 Å². The monoisotopic (exact) mass is 424 g/mol. The topological polar surface area (TPSA) is 75.7 Å². The van der Waals surface area contributed by atoms with E-state index >= 15 is 0 Å². The highest BCUT2D eigenvalue weighted by Gasteiger charge is 2.27. The molecular weight excluding hydrogens is 400 g/mol. The molecular formula is C23H24N2O4S. The lowest BCUT2D eigenvalue weighted by Gasteiger charge is -2.26. The number of aryl methyl sites for hydroxylation is 1. The number of carbonyl (C=O) groups is 1. The fourth-order valence-electron chi connectivity index (χ4n) is 3.09. The molecule has 0 saturated heterocycles. The molecule has 0 saturated carbocycles. The van der Waals surface area contributed by atoms with Crippen molar-refractivity contribution in [1.82, 2.24) is 0 Å². The van der Waals surface area contributed by atoms with Crippen LogP contribution in [0.15, 0.2) is 77.7 Å². The van der Waals surface area contributed by atoms with Crippen LogP contribution >= 0.6 is 0 Å². The quantitative estimate of drug-likeness (QED) is 0.612. The van der Waals surface area contributed by atoms with Crippen molar-refractivity contribution in [3.8, 4) is 5.75 Å². The highest BCUT2D eigenvalue weighted by atomic mass is 32.2. The smallest absolute Gasteiger partial charge is 0.264 e. The Hall–Kier alpha value is -3.32. The van der Waals surface area contributed by atoms with Crippen molar-refractivity contribution in [2.75, 3.05) is 16.7 Å². The fraction of sp³-hybridized carbons (Fsp3) is 0.174. The Morgan fingerprint density at radius 3 is 2.27 bits per heavy atom. The average molecular weight is 425 g/mol. The van der Waals surface area contributed by atoms with E-state index in [1.807, 2.05) is 30.3 Å². The minimum atomic E-state index is -3.92. The van der Waals surface area contributed by atoms with Crippen molar-refractivity contribution in [1.29, 1.82) is 0 Å². The maximum absolute atomic E-state index is 13.7. The number of nitrogens with one attached hydrogen (secondary N) is 1. The van der Waals surface area contributed by atoms with Crippen molar-refractivity contribution in [2.45, 2.75) is 25.3 Å². The van der Waals surface area contributed by atoms with Crippen LogP contribution in [0, 0.1) is 6.92 Å². The van der Waals surface area contributed by atoms with E-state index in [0.29, 0.717) is 22.7 Å². The molecule has 0 aliphatic heterocycles. The summed E-state index contributed by atoms with van der Waals surface area (Å²) in [6.45, 7) is 3.28. The zero-order valence-electron chi connectivity index (χ0n) is 17.1. The van der Waals surface area contributed by atoms with Gasteiger partial charge in [-0.05, 0) is 54.4 Å². The van der Waals surface area contributed by atoms with E-state index in [1.165, 1.54) is 17.3 Å². The van der Waals surface area contributed by atoms with Crippen LogP contribution in [-0.2, 0) is 21.4 Å². The lowest BCUT2D eigenvalue weighted by atomic mass is 10.2. The van der Waals surface area contributed by atoms with Gasteiger partial charge in [0.15, 0.2) is 0 Å². The Bertz CT molecular complexity index is 1130. The van der Waals surface area contributed by atoms with Crippen LogP contribution in [-0.4, -0.2) is 21.4 Å². The first-order valence-corrected chi connectivity index (χ1v) is 10.8. The fourth-order valence-corrected chi connectivity index (χ4v) is 4.80. The first-order valence-electron chi connectivity index (χ1n) is 9.40. The van der Waals surface area contributed by atoms with Gasteiger partial charge in [0, 0.05) is 12.6 Å². The molecule has 0 unspecified atom stereocenters. The number of sulfonamides is 1. The maximum Gasteiger partial charge on any atom is 0.264 e. The third-order valence-electron chi connectivity index (χ3n) is 4.61. The molecule has 1 N–H and O–H groups in total. The average Bonchev–Trinajstić information content (AvgIpc) is 2.73. The Morgan fingerprint density at radius 2 is 1.67 bits per heavy atom. The zero-order valence-corrected chi connectivity index (χ0v) is 17.9. The second kappa shape index (κ2) is 9.00. The number of ether oxygens (including phenoxy) is 1. The molecule has 30 heavy (non-hydrogen) atoms. The van der Waals surface area contributed by atoms with Crippen molar-refractivity contribution in [3.63, 3.8) is 0 Å². The largest absolute Gasteiger partial charge is 0.497 e. The van der Waals surface area contributed by atoms with Crippen LogP contribution < -0.4 is 14.4 Å². The Balaban J connectivity index is 2.10. The molecule has 3 rings (SSSR count). The van der Waals surface area contributed by atoms with Gasteiger partial charge >= 0.3 is 0 Å². The number of methoxy groups -OCH3 is 1. The number of carbonyl (C=O) groups excluding carboxylic acids is 1. The minimum absolute atomic E-state index is 0.139. The number of amides is 1. The molecule has 0 radical (unpaired) electrons. The van der Waals surface area contributed by atoms with Crippen LogP contribution in [0.4, 0.5) is 11.4 Å². The Labute approximate surface area is 177 Å². The van der Waals surface area contributed by atoms with Crippen LogP contribution in [0.3, 0.4) is 0 Å². The summed E-state index contributed by atoms with van der Waals surface area (Å²) >= 11 is 0. The number of anilines is 2. The van der Waals surface area contributed by atoms with Crippen LogP contribution in [0.25, 0.3) is 0 Å². The Morgan fingerprint density at radius 1 is 1.00 bits per heavy atom. The highest BCUT2D eigenvalue weighted by Crippen LogP contribution is 2.30. The second-order valence-electron chi connectivity index (χ2n) is 6.86. The summed E-state index contributed by atoms with van der Waals surface area (Å²) in [5.74, 6) is 0.373. The molecule has 6 nitrogen and oxygen atoms in total. The van der Waals surface area contributed by atoms with Gasteiger partial charge in [-0.3, -0.25) is 9.10 Å². The molecule has 1 amide bonds. The maximum atomic E-state index is 13.7. The SMILES string of the molecule is COc1ccc(N(Cc2ccccc2)S(=O)(=O)c2cc(NC(C)=O)ccc2C)cc1. The first-order chi connectivity index (χ1) is 14.3. The van der Waals surface area contributed by atoms with Crippen molar-refractivity contribution >= 4 is 27.3 Å². The van der Waals surface area contributed by atoms with Crippen LogP contribution in [0.1, 0.15) is 18.1 Å². The third kappa shape index (κ3) is 4.80. The molecule has 0 aliphatic carbocycles. The number of rotatable bonds is 7. The molecule has 7 heteroatoms. The van der Waals surface area contributed by atoms with E-state index < -0.39 is 10.0 Å². The summed E-state index contributed by atoms with van der Waals surface area (Å²) < 4.78 is 34.0. The van der Waals surface area contributed by atoms with Gasteiger partial charge in [-0.2, -0.15) is 0 Å². The number of nitrogens with zero attached hydrogens (tertiary/aromatic N) is 1. The van der Waals surface area contributed by atoms with Gasteiger partial charge in [-0.1, -0.05) is 36.4 Å². The normalized spacial score (nSPS) is 11.0. The summed E-state index contributed by atoms with van der Waals surface area (Å²) in [7, 11) is -2.36. The zero-order chi connectivity index (χ0) is 21.7. The van der Waals surface area contributed by atoms with Gasteiger partial charge in [-0.25, -0.2) is 8.42 Å². The summed E-state index contributed by atoms with van der Waals surface area (Å²) in [4.78, 5) is 11.6. The summed E-state index contributed by atoms with van der Waals surface area (Å²) in [5, 5.41) is 2.65. The molecule has 0 fully saturated rings. The standard InChI is InChI=1S/C23H24N2O4S/c1-17-9-10-20(24-18(2)26)15-23(17)30(27,28)25(16-19-7-5-4-6-8-19)21-11-13-22(29-3)14-12-21/h4-15H,16H2,1-3H3,(H,24,26). The molecule has 0 heterocycles. The van der Waals surface area contributed by atoms with E-state index in [4.69, 9.17) is 4.74 Å². The molecule has 0 atom stereocenters. The molecule has 0 bridgehead atoms. The molecule has 156 valence electrons. The minimum Gasteiger partial charge on any atom is -0.497 e. The van der Waals surface area contributed by atoms with Gasteiger partial charge in [0.25, 0.3) is 10.0 Å². The summed E-state index contributed by atoms with van der Waals surface area (Å²) in [5.41, 5.74) is 2.40. The van der Waals surface area contributed by atoms with Gasteiger partial charge < -0.3 is 10.1 Å². The molecule has 0 aromatic heterocycles. The van der Waals surface area contributed by atoms with Gasteiger partial charge in [0.2, 0.25) is 5.91 Å². The number of hydrogen-bond donors (Lipinski definition) is 1. The summed E-state index contributed by atoms with van der Waals surface area (Å²) in [6, 6.07) is 21.1. The second-order valence-corrected chi connectivity index (χ2v) is 8.69.